The van der Waals surface area contributed by atoms with Crippen molar-refractivity contribution in [2.45, 2.75) is 13.3 Å². The summed E-state index contributed by atoms with van der Waals surface area (Å²) in [6, 6.07) is 9.00. The van der Waals surface area contributed by atoms with Crippen molar-refractivity contribution in [3.05, 3.63) is 59.2 Å². The lowest BCUT2D eigenvalue weighted by Gasteiger charge is -2.03. The van der Waals surface area contributed by atoms with E-state index in [2.05, 4.69) is 0 Å². The van der Waals surface area contributed by atoms with Crippen LogP contribution in [0.1, 0.15) is 28.4 Å². The lowest BCUT2D eigenvalue weighted by Crippen LogP contribution is -1.94. The Morgan fingerprint density at radius 1 is 1.05 bits per heavy atom. The quantitative estimate of drug-likeness (QED) is 0.595. The van der Waals surface area contributed by atoms with E-state index in [0.29, 0.717) is 5.56 Å². The Morgan fingerprint density at radius 3 is 2.43 bits per heavy atom. The van der Waals surface area contributed by atoms with E-state index in [-0.39, 0.29) is 28.6 Å². The first kappa shape index (κ1) is 14.7. The first-order valence-corrected chi connectivity index (χ1v) is 6.57. The number of phenols is 3. The van der Waals surface area contributed by atoms with Crippen molar-refractivity contribution < 1.29 is 20.1 Å². The molecule has 21 heavy (non-hydrogen) atoms. The van der Waals surface area contributed by atoms with Gasteiger partial charge >= 0.3 is 0 Å². The Hall–Kier alpha value is -2.75. The average Bonchev–Trinajstić information content (AvgIpc) is 2.45. The van der Waals surface area contributed by atoms with Gasteiger partial charge in [0.05, 0.1) is 5.56 Å². The van der Waals surface area contributed by atoms with Crippen LogP contribution in [0.15, 0.2) is 42.5 Å². The van der Waals surface area contributed by atoms with Gasteiger partial charge in [0, 0.05) is 6.07 Å². The second-order valence-electron chi connectivity index (χ2n) is 4.64. The average molecular weight is 284 g/mol. The molecule has 0 bridgehead atoms. The number of hydrogen-bond acceptors (Lipinski definition) is 4. The number of phenolic OH excluding ortho intramolecular Hbond substituents is 3. The van der Waals surface area contributed by atoms with Gasteiger partial charge in [0.15, 0.2) is 5.78 Å². The number of aromatic hydroxyl groups is 3. The Morgan fingerprint density at radius 2 is 1.81 bits per heavy atom. The van der Waals surface area contributed by atoms with Crippen molar-refractivity contribution >= 4 is 11.9 Å². The lowest BCUT2D eigenvalue weighted by atomic mass is 10.1. The van der Waals surface area contributed by atoms with E-state index < -0.39 is 0 Å². The van der Waals surface area contributed by atoms with Gasteiger partial charge in [-0.25, -0.2) is 0 Å². The minimum atomic E-state index is -0.383. The molecule has 0 aliphatic heterocycles. The van der Waals surface area contributed by atoms with Crippen LogP contribution in [0.5, 0.6) is 17.2 Å². The fourth-order valence-electron chi connectivity index (χ4n) is 1.97. The number of aryl methyl sites for hydroxylation is 1. The van der Waals surface area contributed by atoms with Crippen molar-refractivity contribution in [2.75, 3.05) is 0 Å². The van der Waals surface area contributed by atoms with Gasteiger partial charge in [-0.3, -0.25) is 4.79 Å². The molecule has 2 aromatic carbocycles. The van der Waals surface area contributed by atoms with E-state index in [0.717, 1.165) is 18.1 Å². The predicted octanol–water partition coefficient (Wildman–Crippen LogP) is 3.26. The Balaban J connectivity index is 2.20. The largest absolute Gasteiger partial charge is 0.508 e. The summed E-state index contributed by atoms with van der Waals surface area (Å²) < 4.78 is 0. The zero-order chi connectivity index (χ0) is 15.4. The van der Waals surface area contributed by atoms with E-state index in [1.807, 2.05) is 6.92 Å². The van der Waals surface area contributed by atoms with Crippen LogP contribution in [-0.2, 0) is 6.42 Å². The van der Waals surface area contributed by atoms with Crippen molar-refractivity contribution in [3.63, 3.8) is 0 Å². The molecule has 2 aromatic rings. The van der Waals surface area contributed by atoms with Crippen LogP contribution in [-0.4, -0.2) is 21.1 Å². The van der Waals surface area contributed by atoms with Gasteiger partial charge in [-0.05, 0) is 41.8 Å². The van der Waals surface area contributed by atoms with Crippen LogP contribution in [0.4, 0.5) is 0 Å². The minimum Gasteiger partial charge on any atom is -0.508 e. The normalized spacial score (nSPS) is 10.9. The maximum atomic E-state index is 12.0. The van der Waals surface area contributed by atoms with Crippen LogP contribution in [0.2, 0.25) is 0 Å². The first-order valence-electron chi connectivity index (χ1n) is 6.57. The summed E-state index contributed by atoms with van der Waals surface area (Å²) in [7, 11) is 0. The van der Waals surface area contributed by atoms with Crippen molar-refractivity contribution in [3.8, 4) is 17.2 Å². The number of benzene rings is 2. The van der Waals surface area contributed by atoms with Gasteiger partial charge in [-0.1, -0.05) is 25.1 Å². The molecule has 3 N–H and O–H groups in total. The molecule has 0 spiro atoms. The molecule has 0 heterocycles. The molecular formula is C17H16O4. The number of carbonyl (C=O) groups is 1. The van der Waals surface area contributed by atoms with E-state index in [9.17, 15) is 20.1 Å². The second-order valence-corrected chi connectivity index (χ2v) is 4.64. The Labute approximate surface area is 122 Å². The van der Waals surface area contributed by atoms with E-state index in [4.69, 9.17) is 0 Å². The molecule has 0 aliphatic carbocycles. The van der Waals surface area contributed by atoms with Crippen LogP contribution >= 0.6 is 0 Å². The monoisotopic (exact) mass is 284 g/mol. The standard InChI is InChI=1S/C17H16O4/c1-2-12-5-3-11(9-16(12)20)4-8-15(19)14-7-6-13(18)10-17(14)21/h3-10,18,20-21H,2H2,1H3/b8-4+. The lowest BCUT2D eigenvalue weighted by molar-refractivity contribution is 0.104. The summed E-state index contributed by atoms with van der Waals surface area (Å²) in [6.07, 6.45) is 3.61. The van der Waals surface area contributed by atoms with Crippen LogP contribution in [0, 0.1) is 0 Å². The van der Waals surface area contributed by atoms with E-state index in [1.165, 1.54) is 18.2 Å². The molecule has 0 unspecified atom stereocenters. The number of allylic oxidation sites excluding steroid dienone is 1. The molecule has 0 amide bonds. The summed E-state index contributed by atoms with van der Waals surface area (Å²) >= 11 is 0. The fourth-order valence-corrected chi connectivity index (χ4v) is 1.97. The zero-order valence-corrected chi connectivity index (χ0v) is 11.6. The molecule has 0 saturated carbocycles. The zero-order valence-electron chi connectivity index (χ0n) is 11.6. The predicted molar refractivity (Wildman–Crippen MR) is 80.6 cm³/mol. The number of hydrogen-bond donors (Lipinski definition) is 3. The number of carbonyl (C=O) groups excluding carboxylic acids is 1. The third-order valence-electron chi connectivity index (χ3n) is 3.16. The Bertz CT molecular complexity index is 702. The van der Waals surface area contributed by atoms with Crippen LogP contribution in [0.25, 0.3) is 6.08 Å². The molecule has 4 nitrogen and oxygen atoms in total. The van der Waals surface area contributed by atoms with Gasteiger partial charge in [-0.15, -0.1) is 0 Å². The molecule has 4 heteroatoms. The highest BCUT2D eigenvalue weighted by Crippen LogP contribution is 2.24. The molecular weight excluding hydrogens is 268 g/mol. The van der Waals surface area contributed by atoms with Gasteiger partial charge in [0.25, 0.3) is 0 Å². The maximum absolute atomic E-state index is 12.0. The van der Waals surface area contributed by atoms with Crippen molar-refractivity contribution in [1.82, 2.24) is 0 Å². The highest BCUT2D eigenvalue weighted by atomic mass is 16.3. The summed E-state index contributed by atoms with van der Waals surface area (Å²) in [4.78, 5) is 12.0. The summed E-state index contributed by atoms with van der Waals surface area (Å²) in [5.41, 5.74) is 1.64. The van der Waals surface area contributed by atoms with E-state index in [1.54, 1.807) is 24.3 Å². The third kappa shape index (κ3) is 3.42. The van der Waals surface area contributed by atoms with Gasteiger partial charge in [0.1, 0.15) is 17.2 Å². The number of rotatable bonds is 4. The van der Waals surface area contributed by atoms with Gasteiger partial charge < -0.3 is 15.3 Å². The summed E-state index contributed by atoms with van der Waals surface area (Å²) in [6.45, 7) is 1.95. The van der Waals surface area contributed by atoms with E-state index >= 15 is 0 Å². The molecule has 0 aromatic heterocycles. The topological polar surface area (TPSA) is 77.8 Å². The summed E-state index contributed by atoms with van der Waals surface area (Å²) in [5.74, 6) is -0.562. The molecule has 0 aliphatic rings. The van der Waals surface area contributed by atoms with Crippen molar-refractivity contribution in [1.29, 1.82) is 0 Å². The molecule has 0 saturated heterocycles. The highest BCUT2D eigenvalue weighted by molar-refractivity contribution is 6.08. The van der Waals surface area contributed by atoms with Gasteiger partial charge in [-0.2, -0.15) is 0 Å². The molecule has 2 rings (SSSR count). The Kier molecular flexibility index (Phi) is 4.28. The smallest absolute Gasteiger partial charge is 0.189 e. The van der Waals surface area contributed by atoms with Crippen LogP contribution in [0.3, 0.4) is 0 Å². The maximum Gasteiger partial charge on any atom is 0.189 e. The molecule has 0 radical (unpaired) electrons. The molecule has 0 fully saturated rings. The SMILES string of the molecule is CCc1ccc(/C=C/C(=O)c2ccc(O)cc2O)cc1O. The van der Waals surface area contributed by atoms with Crippen molar-refractivity contribution in [2.24, 2.45) is 0 Å². The minimum absolute atomic E-state index is 0.104. The molecule has 0 atom stereocenters. The fraction of sp³-hybridized carbons (Fsp3) is 0.118. The first-order chi connectivity index (χ1) is 10.0. The summed E-state index contributed by atoms with van der Waals surface area (Å²) in [5, 5.41) is 28.6. The van der Waals surface area contributed by atoms with Crippen LogP contribution < -0.4 is 0 Å². The second kappa shape index (κ2) is 6.13. The molecule has 108 valence electrons. The highest BCUT2D eigenvalue weighted by Gasteiger charge is 2.08. The number of ketones is 1. The third-order valence-corrected chi connectivity index (χ3v) is 3.16. The van der Waals surface area contributed by atoms with Gasteiger partial charge in [0.2, 0.25) is 0 Å².